The number of benzene rings is 2. The second-order valence-corrected chi connectivity index (χ2v) is 9.48. The molecule has 1 heterocycles. The number of thiazole rings is 1. The number of aryl methyl sites for hydroxylation is 1. The summed E-state index contributed by atoms with van der Waals surface area (Å²) >= 11 is 1.69. The van der Waals surface area contributed by atoms with Gasteiger partial charge in [0.15, 0.2) is 0 Å². The maximum Gasteiger partial charge on any atom is 0.229 e. The van der Waals surface area contributed by atoms with Crippen LogP contribution in [0.4, 0.5) is 11.4 Å². The van der Waals surface area contributed by atoms with Crippen molar-refractivity contribution in [2.24, 2.45) is 0 Å². The third kappa shape index (κ3) is 6.16. The Morgan fingerprint density at radius 2 is 1.97 bits per heavy atom. The van der Waals surface area contributed by atoms with Gasteiger partial charge in [-0.3, -0.25) is 9.52 Å². The normalized spacial score (nSPS) is 11.4. The quantitative estimate of drug-likeness (QED) is 0.497. The van der Waals surface area contributed by atoms with Crippen LogP contribution >= 0.6 is 11.3 Å². The van der Waals surface area contributed by atoms with Crippen LogP contribution in [0, 0.1) is 0 Å². The smallest absolute Gasteiger partial charge is 0.229 e. The van der Waals surface area contributed by atoms with E-state index in [2.05, 4.69) is 21.1 Å². The lowest BCUT2D eigenvalue weighted by atomic mass is 10.2. The first-order chi connectivity index (χ1) is 13.8. The van der Waals surface area contributed by atoms with Crippen LogP contribution in [0.25, 0.3) is 10.2 Å². The van der Waals surface area contributed by atoms with E-state index in [1.54, 1.807) is 29.5 Å². The van der Waals surface area contributed by atoms with E-state index in [-0.39, 0.29) is 5.91 Å². The van der Waals surface area contributed by atoms with Gasteiger partial charge < -0.3 is 10.1 Å². The first kappa shape index (κ1) is 21.1. The van der Waals surface area contributed by atoms with Gasteiger partial charge in [0.1, 0.15) is 5.75 Å². The number of rotatable bonds is 9. The number of amides is 1. The van der Waals surface area contributed by atoms with Crippen molar-refractivity contribution in [2.75, 3.05) is 23.4 Å². The number of anilines is 2. The summed E-state index contributed by atoms with van der Waals surface area (Å²) in [6.45, 7) is 0. The van der Waals surface area contributed by atoms with Crippen LogP contribution in [0.15, 0.2) is 42.5 Å². The minimum atomic E-state index is -3.41. The summed E-state index contributed by atoms with van der Waals surface area (Å²) in [5.41, 5.74) is 1.90. The molecule has 29 heavy (non-hydrogen) atoms. The molecule has 2 aromatic carbocycles. The fourth-order valence-electron chi connectivity index (χ4n) is 2.87. The molecule has 7 nitrogen and oxygen atoms in total. The maximum absolute atomic E-state index is 12.2. The van der Waals surface area contributed by atoms with E-state index in [0.29, 0.717) is 23.5 Å². The maximum atomic E-state index is 12.2. The zero-order chi connectivity index (χ0) is 20.9. The van der Waals surface area contributed by atoms with Crippen molar-refractivity contribution in [2.45, 2.75) is 25.7 Å². The van der Waals surface area contributed by atoms with Gasteiger partial charge >= 0.3 is 0 Å². The van der Waals surface area contributed by atoms with Gasteiger partial charge in [-0.15, -0.1) is 11.3 Å². The average Bonchev–Trinajstić information content (AvgIpc) is 3.08. The number of ether oxygens (including phenoxy) is 1. The molecular formula is C20H23N3O4S2. The SMILES string of the molecule is COc1cc(NC(=O)CCCCc2nc3ccccc3s2)ccc1NS(C)(=O)=O. The summed E-state index contributed by atoms with van der Waals surface area (Å²) in [5.74, 6) is 0.240. The first-order valence-corrected chi connectivity index (χ1v) is 11.8. The molecule has 3 aromatic rings. The number of fused-ring (bicyclic) bond motifs is 1. The van der Waals surface area contributed by atoms with E-state index in [1.807, 2.05) is 18.2 Å². The van der Waals surface area contributed by atoms with Crippen LogP contribution in [0.5, 0.6) is 5.75 Å². The van der Waals surface area contributed by atoms with Gasteiger partial charge in [0.25, 0.3) is 0 Å². The molecule has 1 amide bonds. The minimum Gasteiger partial charge on any atom is -0.494 e. The molecule has 0 aliphatic carbocycles. The lowest BCUT2D eigenvalue weighted by molar-refractivity contribution is -0.116. The zero-order valence-electron chi connectivity index (χ0n) is 16.3. The van der Waals surface area contributed by atoms with Crippen LogP contribution in [0.1, 0.15) is 24.3 Å². The molecule has 0 spiro atoms. The number of nitrogens with one attached hydrogen (secondary N) is 2. The summed E-state index contributed by atoms with van der Waals surface area (Å²) in [6, 6.07) is 12.8. The van der Waals surface area contributed by atoms with E-state index < -0.39 is 10.0 Å². The van der Waals surface area contributed by atoms with Crippen LogP contribution in [0.2, 0.25) is 0 Å². The number of para-hydroxylation sites is 1. The van der Waals surface area contributed by atoms with Crippen molar-refractivity contribution >= 4 is 48.9 Å². The number of aromatic nitrogens is 1. The minimum absolute atomic E-state index is 0.0971. The third-order valence-corrected chi connectivity index (χ3v) is 5.85. The molecule has 0 atom stereocenters. The highest BCUT2D eigenvalue weighted by Crippen LogP contribution is 2.29. The Bertz CT molecular complexity index is 1080. The molecule has 0 radical (unpaired) electrons. The lowest BCUT2D eigenvalue weighted by Crippen LogP contribution is -2.13. The highest BCUT2D eigenvalue weighted by atomic mass is 32.2. The summed E-state index contributed by atoms with van der Waals surface area (Å²) in [7, 11) is -1.97. The summed E-state index contributed by atoms with van der Waals surface area (Å²) in [5, 5.41) is 3.91. The third-order valence-electron chi connectivity index (χ3n) is 4.16. The second kappa shape index (κ2) is 9.23. The largest absolute Gasteiger partial charge is 0.494 e. The highest BCUT2D eigenvalue weighted by Gasteiger charge is 2.11. The van der Waals surface area contributed by atoms with E-state index in [9.17, 15) is 13.2 Å². The predicted octanol–water partition coefficient (Wildman–Crippen LogP) is 4.03. The Morgan fingerprint density at radius 3 is 2.69 bits per heavy atom. The summed E-state index contributed by atoms with van der Waals surface area (Å²) in [4.78, 5) is 16.8. The number of hydrogen-bond acceptors (Lipinski definition) is 6. The molecule has 0 bridgehead atoms. The van der Waals surface area contributed by atoms with Crippen LogP contribution in [0.3, 0.4) is 0 Å². The van der Waals surface area contributed by atoms with Crippen molar-refractivity contribution in [1.82, 2.24) is 4.98 Å². The molecule has 0 saturated heterocycles. The molecular weight excluding hydrogens is 410 g/mol. The number of nitrogens with zero attached hydrogens (tertiary/aromatic N) is 1. The summed E-state index contributed by atoms with van der Waals surface area (Å²) < 4.78 is 31.5. The zero-order valence-corrected chi connectivity index (χ0v) is 17.9. The Balaban J connectivity index is 1.48. The first-order valence-electron chi connectivity index (χ1n) is 9.14. The van der Waals surface area contributed by atoms with Crippen molar-refractivity contribution in [1.29, 1.82) is 0 Å². The molecule has 2 N–H and O–H groups in total. The molecule has 3 rings (SSSR count). The van der Waals surface area contributed by atoms with Crippen LogP contribution in [-0.4, -0.2) is 32.7 Å². The van der Waals surface area contributed by atoms with Gasteiger partial charge in [-0.1, -0.05) is 12.1 Å². The number of sulfonamides is 1. The van der Waals surface area contributed by atoms with Crippen molar-refractivity contribution in [3.8, 4) is 5.75 Å². The second-order valence-electron chi connectivity index (χ2n) is 6.62. The Kier molecular flexibility index (Phi) is 6.71. The molecule has 0 aliphatic rings. The monoisotopic (exact) mass is 433 g/mol. The van der Waals surface area contributed by atoms with Gasteiger partial charge in [0, 0.05) is 18.2 Å². The van der Waals surface area contributed by atoms with E-state index in [0.717, 1.165) is 36.0 Å². The number of hydrogen-bond donors (Lipinski definition) is 2. The topological polar surface area (TPSA) is 97.4 Å². The lowest BCUT2D eigenvalue weighted by Gasteiger charge is -2.12. The van der Waals surface area contributed by atoms with Gasteiger partial charge in [-0.05, 0) is 43.5 Å². The Labute approximate surface area is 174 Å². The molecule has 0 aliphatic heterocycles. The average molecular weight is 434 g/mol. The molecule has 0 unspecified atom stereocenters. The van der Waals surface area contributed by atoms with E-state index in [4.69, 9.17) is 4.74 Å². The van der Waals surface area contributed by atoms with Crippen molar-refractivity contribution in [3.63, 3.8) is 0 Å². The fraction of sp³-hybridized carbons (Fsp3) is 0.300. The summed E-state index contributed by atoms with van der Waals surface area (Å²) in [6.07, 6.45) is 3.96. The number of unbranched alkanes of at least 4 members (excludes halogenated alkanes) is 1. The van der Waals surface area contributed by atoms with E-state index >= 15 is 0 Å². The number of carbonyl (C=O) groups excluding carboxylic acids is 1. The Morgan fingerprint density at radius 1 is 1.17 bits per heavy atom. The molecule has 1 aromatic heterocycles. The van der Waals surface area contributed by atoms with Crippen molar-refractivity contribution < 1.29 is 17.9 Å². The highest BCUT2D eigenvalue weighted by molar-refractivity contribution is 7.92. The van der Waals surface area contributed by atoms with E-state index in [1.165, 1.54) is 11.8 Å². The van der Waals surface area contributed by atoms with Gasteiger partial charge in [-0.2, -0.15) is 0 Å². The van der Waals surface area contributed by atoms with Crippen molar-refractivity contribution in [3.05, 3.63) is 47.5 Å². The predicted molar refractivity (Wildman–Crippen MR) is 117 cm³/mol. The molecule has 0 fully saturated rings. The van der Waals surface area contributed by atoms with Gasteiger partial charge in [-0.25, -0.2) is 13.4 Å². The van der Waals surface area contributed by atoms with Crippen LogP contribution in [-0.2, 0) is 21.2 Å². The number of methoxy groups -OCH3 is 1. The van der Waals surface area contributed by atoms with Gasteiger partial charge in [0.2, 0.25) is 15.9 Å². The standard InChI is InChI=1S/C20H23N3O4S2/c1-27-17-13-14(11-12-15(17)23-29(2,25)26)21-19(24)9-5-6-10-20-22-16-7-3-4-8-18(16)28-20/h3-4,7-8,11-13,23H,5-6,9-10H2,1-2H3,(H,21,24). The van der Waals surface area contributed by atoms with Gasteiger partial charge in [0.05, 0.1) is 34.3 Å². The molecule has 9 heteroatoms. The molecule has 154 valence electrons. The molecule has 0 saturated carbocycles. The number of carbonyl (C=O) groups is 1. The Hall–Kier alpha value is -2.65. The fourth-order valence-corrected chi connectivity index (χ4v) is 4.44. The van der Waals surface area contributed by atoms with Crippen LogP contribution < -0.4 is 14.8 Å².